The number of hydrogen-bond donors (Lipinski definition) is 0. The summed E-state index contributed by atoms with van der Waals surface area (Å²) in [4.78, 5) is 0. The second kappa shape index (κ2) is 3.36. The van der Waals surface area contributed by atoms with Gasteiger partial charge in [0.15, 0.2) is 3.79 Å². The van der Waals surface area contributed by atoms with Gasteiger partial charge in [-0.25, -0.2) is 0 Å². The van der Waals surface area contributed by atoms with Crippen molar-refractivity contribution in [2.75, 3.05) is 0 Å². The van der Waals surface area contributed by atoms with Gasteiger partial charge in [0, 0.05) is 0 Å². The van der Waals surface area contributed by atoms with Crippen molar-refractivity contribution in [3.05, 3.63) is 0 Å². The van der Waals surface area contributed by atoms with E-state index in [0.29, 0.717) is 0 Å². The Labute approximate surface area is 62.5 Å². The van der Waals surface area contributed by atoms with Gasteiger partial charge in [0.05, 0.1) is 0 Å². The Kier molecular flexibility index (Phi) is 5.81. The third-order valence-corrected chi connectivity index (χ3v) is 0. The van der Waals surface area contributed by atoms with E-state index in [1.54, 1.807) is 0 Å². The minimum Gasteiger partial charge on any atom is -0.114 e. The Hall–Kier alpha value is 1.35. The van der Waals surface area contributed by atoms with Gasteiger partial charge in [0.2, 0.25) is 0 Å². The highest BCUT2D eigenvalue weighted by atomic mass is 79.9. The molecular formula is C2H4BrCl3. The summed E-state index contributed by atoms with van der Waals surface area (Å²) in [5.41, 5.74) is 0. The predicted octanol–water partition coefficient (Wildman–Crippen LogP) is 2.95. The molecule has 0 nitrogen and oxygen atoms in total. The molecule has 0 aromatic rings. The largest absolute Gasteiger partial charge is 0.187 e. The standard InChI is InChI=1S/C2H3Cl3.BrH/c1-2(3,4)5;/h1H3;1H. The fourth-order valence-corrected chi connectivity index (χ4v) is 0. The molecule has 0 fully saturated rings. The van der Waals surface area contributed by atoms with Crippen LogP contribution in [0.1, 0.15) is 6.92 Å². The van der Waals surface area contributed by atoms with Crippen LogP contribution in [-0.4, -0.2) is 3.79 Å². The molecule has 0 aliphatic rings. The van der Waals surface area contributed by atoms with E-state index < -0.39 is 3.79 Å². The molecule has 6 heavy (non-hydrogen) atoms. The molecule has 0 aliphatic carbocycles. The van der Waals surface area contributed by atoms with Crippen LogP contribution in [-0.2, 0) is 0 Å². The molecule has 0 aromatic heterocycles. The fourth-order valence-electron chi connectivity index (χ4n) is 0. The maximum Gasteiger partial charge on any atom is 0.187 e. The van der Waals surface area contributed by atoms with E-state index >= 15 is 0 Å². The molecule has 0 bridgehead atoms. The maximum atomic E-state index is 5.06. The molecule has 0 N–H and O–H groups in total. The van der Waals surface area contributed by atoms with Crippen molar-refractivity contribution in [3.63, 3.8) is 0 Å². The normalized spacial score (nSPS) is 10.0. The minimum atomic E-state index is -1.08. The van der Waals surface area contributed by atoms with Crippen molar-refractivity contribution in [1.29, 1.82) is 0 Å². The second-order valence-corrected chi connectivity index (χ2v) is 3.63. The fraction of sp³-hybridized carbons (Fsp3) is 1.00. The van der Waals surface area contributed by atoms with Crippen molar-refractivity contribution in [2.24, 2.45) is 0 Å². The van der Waals surface area contributed by atoms with E-state index in [0.717, 1.165) is 0 Å². The Morgan fingerprint density at radius 1 is 1.17 bits per heavy atom. The molecule has 0 amide bonds. The zero-order chi connectivity index (χ0) is 4.50. The van der Waals surface area contributed by atoms with Crippen molar-refractivity contribution < 1.29 is 0 Å². The third kappa shape index (κ3) is 55.5. The first-order valence-electron chi connectivity index (χ1n) is 1.07. The van der Waals surface area contributed by atoms with Gasteiger partial charge in [-0.1, -0.05) is 34.8 Å². The smallest absolute Gasteiger partial charge is 0.114 e. The molecule has 0 atom stereocenters. The minimum absolute atomic E-state index is 0. The highest BCUT2D eigenvalue weighted by Crippen LogP contribution is 2.23. The molecule has 0 heterocycles. The summed E-state index contributed by atoms with van der Waals surface area (Å²) < 4.78 is -1.08. The molecule has 0 rings (SSSR count). The Bertz CT molecular complexity index is 24.3. The van der Waals surface area contributed by atoms with Gasteiger partial charge >= 0.3 is 0 Å². The first-order chi connectivity index (χ1) is 2.00. The molecule has 0 radical (unpaired) electrons. The van der Waals surface area contributed by atoms with Crippen LogP contribution < -0.4 is 0 Å². The molecule has 0 spiro atoms. The molecule has 40 valence electrons. The van der Waals surface area contributed by atoms with Crippen molar-refractivity contribution in [3.8, 4) is 0 Å². The van der Waals surface area contributed by atoms with Gasteiger partial charge in [0.25, 0.3) is 0 Å². The molecule has 0 saturated carbocycles. The average Bonchev–Trinajstić information content (AvgIpc) is 0.722. The van der Waals surface area contributed by atoms with Crippen LogP contribution in [0.25, 0.3) is 0 Å². The molecule has 4 heteroatoms. The van der Waals surface area contributed by atoms with Gasteiger partial charge in [-0.15, -0.1) is 17.0 Å². The zero-order valence-electron chi connectivity index (χ0n) is 3.04. The third-order valence-electron chi connectivity index (χ3n) is 0. The van der Waals surface area contributed by atoms with E-state index in [4.69, 9.17) is 34.8 Å². The van der Waals surface area contributed by atoms with Crippen molar-refractivity contribution in [2.45, 2.75) is 10.7 Å². The number of rotatable bonds is 0. The van der Waals surface area contributed by atoms with E-state index in [2.05, 4.69) is 0 Å². The summed E-state index contributed by atoms with van der Waals surface area (Å²) in [5.74, 6) is 0. The lowest BCUT2D eigenvalue weighted by Crippen LogP contribution is -1.87. The van der Waals surface area contributed by atoms with Crippen molar-refractivity contribution in [1.82, 2.24) is 0 Å². The summed E-state index contributed by atoms with van der Waals surface area (Å²) in [6.45, 7) is 1.48. The van der Waals surface area contributed by atoms with Crippen LogP contribution in [0.5, 0.6) is 0 Å². The zero-order valence-corrected chi connectivity index (χ0v) is 7.02. The number of alkyl halides is 3. The lowest BCUT2D eigenvalue weighted by atomic mass is 10.9. The summed E-state index contributed by atoms with van der Waals surface area (Å²) in [6.07, 6.45) is 0. The quantitative estimate of drug-likeness (QED) is 0.544. The molecule has 0 saturated heterocycles. The maximum absolute atomic E-state index is 5.06. The van der Waals surface area contributed by atoms with Crippen LogP contribution >= 0.6 is 51.8 Å². The predicted molar refractivity (Wildman–Crippen MR) is 36.3 cm³/mol. The molecule has 0 aromatic carbocycles. The highest BCUT2D eigenvalue weighted by molar-refractivity contribution is 8.93. The van der Waals surface area contributed by atoms with E-state index in [1.165, 1.54) is 6.92 Å². The van der Waals surface area contributed by atoms with Crippen LogP contribution in [0.4, 0.5) is 0 Å². The monoisotopic (exact) mass is 212 g/mol. The lowest BCUT2D eigenvalue weighted by molar-refractivity contribution is 1.27. The number of hydrogen-bond acceptors (Lipinski definition) is 0. The van der Waals surface area contributed by atoms with Crippen LogP contribution in [0.2, 0.25) is 0 Å². The summed E-state index contributed by atoms with van der Waals surface area (Å²) in [7, 11) is 0. The molecule has 0 unspecified atom stereocenters. The molecule has 0 aliphatic heterocycles. The van der Waals surface area contributed by atoms with Gasteiger partial charge in [-0.2, -0.15) is 0 Å². The average molecular weight is 214 g/mol. The van der Waals surface area contributed by atoms with Gasteiger partial charge < -0.3 is 0 Å². The van der Waals surface area contributed by atoms with Gasteiger partial charge in [0.1, 0.15) is 0 Å². The van der Waals surface area contributed by atoms with Crippen LogP contribution in [0, 0.1) is 0 Å². The SMILES string of the molecule is Br.CC(Cl)(Cl)Cl. The van der Waals surface area contributed by atoms with Crippen molar-refractivity contribution >= 4 is 51.8 Å². The van der Waals surface area contributed by atoms with E-state index in [9.17, 15) is 0 Å². The van der Waals surface area contributed by atoms with Crippen LogP contribution in [0.15, 0.2) is 0 Å². The highest BCUT2D eigenvalue weighted by Gasteiger charge is 2.07. The first kappa shape index (κ1) is 10.4. The van der Waals surface area contributed by atoms with Crippen LogP contribution in [0.3, 0.4) is 0 Å². The molecular weight excluding hydrogens is 210 g/mol. The van der Waals surface area contributed by atoms with Gasteiger partial charge in [-0.3, -0.25) is 0 Å². The van der Waals surface area contributed by atoms with E-state index in [-0.39, 0.29) is 17.0 Å². The van der Waals surface area contributed by atoms with E-state index in [1.807, 2.05) is 0 Å². The number of halogens is 4. The summed E-state index contributed by atoms with van der Waals surface area (Å²) in [5, 5.41) is 0. The lowest BCUT2D eigenvalue weighted by Gasteiger charge is -1.94. The van der Waals surface area contributed by atoms with Gasteiger partial charge in [-0.05, 0) is 6.92 Å². The first-order valence-corrected chi connectivity index (χ1v) is 2.20. The topological polar surface area (TPSA) is 0 Å². The Morgan fingerprint density at radius 2 is 1.17 bits per heavy atom. The Balaban J connectivity index is 0. The summed E-state index contributed by atoms with van der Waals surface area (Å²) in [6, 6.07) is 0. The second-order valence-electron chi connectivity index (χ2n) is 0.781. The Morgan fingerprint density at radius 3 is 1.17 bits per heavy atom. The summed E-state index contributed by atoms with van der Waals surface area (Å²) >= 11 is 15.2.